The van der Waals surface area contributed by atoms with Crippen molar-refractivity contribution in [3.8, 4) is 0 Å². The quantitative estimate of drug-likeness (QED) is 0.0222. The molecule has 0 amide bonds. The normalized spacial score (nSPS) is 14.2. The predicted molar refractivity (Wildman–Crippen MR) is 391 cm³/mol. The molecular formula is C77H150O17P2. The first-order valence-corrected chi connectivity index (χ1v) is 43.2. The Morgan fingerprint density at radius 1 is 0.292 bits per heavy atom. The van der Waals surface area contributed by atoms with Crippen molar-refractivity contribution < 1.29 is 80.2 Å². The van der Waals surface area contributed by atoms with Crippen molar-refractivity contribution in [2.45, 2.75) is 425 Å². The largest absolute Gasteiger partial charge is 0.472 e. The number of phosphoric acid groups is 2. The molecule has 0 aliphatic carbocycles. The van der Waals surface area contributed by atoms with Crippen molar-refractivity contribution >= 4 is 39.5 Å². The van der Waals surface area contributed by atoms with Crippen LogP contribution in [0.1, 0.15) is 407 Å². The topological polar surface area (TPSA) is 237 Å². The van der Waals surface area contributed by atoms with Crippen LogP contribution < -0.4 is 0 Å². The second kappa shape index (κ2) is 70.1. The first-order chi connectivity index (χ1) is 46.6. The molecule has 0 aromatic heterocycles. The van der Waals surface area contributed by atoms with Crippen LogP contribution in [0.15, 0.2) is 0 Å². The minimum atomic E-state index is -4.96. The molecule has 0 fully saturated rings. The number of aliphatic hydroxyl groups excluding tert-OH is 1. The number of hydrogen-bond donors (Lipinski definition) is 3. The summed E-state index contributed by atoms with van der Waals surface area (Å²) in [6.45, 7) is 7.29. The Morgan fingerprint density at radius 2 is 0.500 bits per heavy atom. The lowest BCUT2D eigenvalue weighted by Crippen LogP contribution is -2.30. The van der Waals surface area contributed by atoms with Crippen LogP contribution in [0.3, 0.4) is 0 Å². The highest BCUT2D eigenvalue weighted by atomic mass is 31.2. The zero-order valence-corrected chi connectivity index (χ0v) is 64.3. The number of esters is 4. The summed E-state index contributed by atoms with van der Waals surface area (Å²) in [5.41, 5.74) is 0. The van der Waals surface area contributed by atoms with E-state index in [1.807, 2.05) is 0 Å². The average Bonchev–Trinajstić information content (AvgIpc) is 1.33. The summed E-state index contributed by atoms with van der Waals surface area (Å²) in [6.07, 6.45) is 59.6. The smallest absolute Gasteiger partial charge is 0.462 e. The van der Waals surface area contributed by atoms with Gasteiger partial charge in [0.2, 0.25) is 0 Å². The Kier molecular flexibility index (Phi) is 68.7. The molecule has 3 N–H and O–H groups in total. The number of carbonyl (C=O) groups excluding carboxylic acids is 4. The van der Waals surface area contributed by atoms with Crippen molar-refractivity contribution in [1.29, 1.82) is 0 Å². The van der Waals surface area contributed by atoms with Crippen LogP contribution >= 0.6 is 15.6 Å². The van der Waals surface area contributed by atoms with Crippen LogP contribution in [-0.4, -0.2) is 96.7 Å². The van der Waals surface area contributed by atoms with Gasteiger partial charge in [-0.2, -0.15) is 0 Å². The van der Waals surface area contributed by atoms with Gasteiger partial charge in [-0.15, -0.1) is 0 Å². The van der Waals surface area contributed by atoms with Gasteiger partial charge in [-0.3, -0.25) is 37.3 Å². The van der Waals surface area contributed by atoms with Crippen LogP contribution in [0.2, 0.25) is 0 Å². The Balaban J connectivity index is 5.22. The van der Waals surface area contributed by atoms with Gasteiger partial charge in [0, 0.05) is 25.7 Å². The van der Waals surface area contributed by atoms with Crippen LogP contribution in [0, 0.1) is 5.92 Å². The van der Waals surface area contributed by atoms with Crippen molar-refractivity contribution in [2.24, 2.45) is 5.92 Å². The van der Waals surface area contributed by atoms with Gasteiger partial charge in [0.1, 0.15) is 19.3 Å². The molecule has 0 aromatic carbocycles. The van der Waals surface area contributed by atoms with Crippen molar-refractivity contribution in [2.75, 3.05) is 39.6 Å². The molecule has 0 spiro atoms. The number of ether oxygens (including phenoxy) is 4. The standard InChI is InChI=1S/C77H150O17P2/c1-6-10-13-16-19-22-25-27-28-29-30-31-32-33-35-38-41-47-52-57-62-76(81)93-72(66-88-75(80)61-56-51-46-40-37-34-26-23-20-17-14-11-7-2)68-91-95(83,84)89-64-71(78)65-90-96(85,86)92-69-73(67-87-74(79)60-55-50-45-39-36-24-21-18-15-12-8-3)94-77(82)63-58-53-48-43-42-44-49-54-59-70(5)9-4/h70-73,78H,6-69H2,1-5H3,(H,83,84)(H,85,86)/t70?,71-,72-,73-/m1/s1. The highest BCUT2D eigenvalue weighted by Gasteiger charge is 2.30. The van der Waals surface area contributed by atoms with Gasteiger partial charge in [0.25, 0.3) is 0 Å². The lowest BCUT2D eigenvalue weighted by molar-refractivity contribution is -0.161. The second-order valence-electron chi connectivity index (χ2n) is 28.0. The molecule has 19 heteroatoms. The molecule has 6 atom stereocenters. The summed E-state index contributed by atoms with van der Waals surface area (Å²) in [5, 5.41) is 10.6. The fourth-order valence-electron chi connectivity index (χ4n) is 11.8. The molecule has 0 radical (unpaired) electrons. The second-order valence-corrected chi connectivity index (χ2v) is 30.9. The van der Waals surface area contributed by atoms with Crippen LogP contribution in [0.4, 0.5) is 0 Å². The zero-order valence-electron chi connectivity index (χ0n) is 62.5. The van der Waals surface area contributed by atoms with Crippen LogP contribution in [0.5, 0.6) is 0 Å². The number of unbranched alkanes of at least 4 members (excludes halogenated alkanes) is 48. The van der Waals surface area contributed by atoms with E-state index >= 15 is 0 Å². The molecule has 0 aliphatic rings. The Morgan fingerprint density at radius 3 is 0.740 bits per heavy atom. The summed E-state index contributed by atoms with van der Waals surface area (Å²) in [6, 6.07) is 0. The Labute approximate surface area is 588 Å². The number of carbonyl (C=O) groups is 4. The van der Waals surface area contributed by atoms with Gasteiger partial charge in [-0.1, -0.05) is 356 Å². The van der Waals surface area contributed by atoms with Crippen LogP contribution in [-0.2, 0) is 65.4 Å². The van der Waals surface area contributed by atoms with E-state index in [0.29, 0.717) is 25.7 Å². The van der Waals surface area contributed by atoms with Gasteiger partial charge in [0.15, 0.2) is 12.2 Å². The molecular weight excluding hydrogens is 1260 g/mol. The highest BCUT2D eigenvalue weighted by Crippen LogP contribution is 2.45. The molecule has 3 unspecified atom stereocenters. The molecule has 17 nitrogen and oxygen atoms in total. The van der Waals surface area contributed by atoms with Crippen molar-refractivity contribution in [3.63, 3.8) is 0 Å². The number of hydrogen-bond acceptors (Lipinski definition) is 15. The van der Waals surface area contributed by atoms with E-state index in [0.717, 1.165) is 95.8 Å². The van der Waals surface area contributed by atoms with E-state index in [1.54, 1.807) is 0 Å². The number of phosphoric ester groups is 2. The molecule has 0 rings (SSSR count). The van der Waals surface area contributed by atoms with E-state index in [9.17, 15) is 43.2 Å². The third-order valence-corrected chi connectivity index (χ3v) is 20.3. The van der Waals surface area contributed by atoms with Gasteiger partial charge in [-0.25, -0.2) is 9.13 Å². The van der Waals surface area contributed by atoms with Gasteiger partial charge < -0.3 is 33.8 Å². The monoisotopic (exact) mass is 1410 g/mol. The Bertz CT molecular complexity index is 1840. The van der Waals surface area contributed by atoms with Crippen LogP contribution in [0.25, 0.3) is 0 Å². The van der Waals surface area contributed by atoms with E-state index < -0.39 is 97.5 Å². The van der Waals surface area contributed by atoms with E-state index in [-0.39, 0.29) is 25.7 Å². The first kappa shape index (κ1) is 94.1. The van der Waals surface area contributed by atoms with E-state index in [4.69, 9.17) is 37.0 Å². The third kappa shape index (κ3) is 69.2. The Hall–Kier alpha value is -1.94. The molecule has 0 heterocycles. The summed E-state index contributed by atoms with van der Waals surface area (Å²) in [4.78, 5) is 72.8. The lowest BCUT2D eigenvalue weighted by Gasteiger charge is -2.21. The van der Waals surface area contributed by atoms with Crippen molar-refractivity contribution in [1.82, 2.24) is 0 Å². The minimum Gasteiger partial charge on any atom is -0.462 e. The van der Waals surface area contributed by atoms with Gasteiger partial charge in [0.05, 0.1) is 26.4 Å². The SMILES string of the molecule is CCCCCCCCCCCCCCCCCCCCCCC(=O)O[C@H](COC(=O)CCCCCCCCCCCCCCC)COP(=O)(O)OC[C@@H](O)COP(=O)(O)OC[C@@H](COC(=O)CCCCCCCCCCCCC)OC(=O)CCCCCCCCCCC(C)CC. The zero-order chi connectivity index (χ0) is 70.5. The fourth-order valence-corrected chi connectivity index (χ4v) is 13.4. The first-order valence-electron chi connectivity index (χ1n) is 40.2. The molecule has 96 heavy (non-hydrogen) atoms. The maximum absolute atomic E-state index is 13.1. The summed E-state index contributed by atoms with van der Waals surface area (Å²) in [7, 11) is -9.91. The number of aliphatic hydroxyl groups is 1. The predicted octanol–water partition coefficient (Wildman–Crippen LogP) is 22.9. The van der Waals surface area contributed by atoms with Crippen molar-refractivity contribution in [3.05, 3.63) is 0 Å². The third-order valence-electron chi connectivity index (χ3n) is 18.4. The fraction of sp³-hybridized carbons (Fsp3) is 0.948. The minimum absolute atomic E-state index is 0.106. The summed E-state index contributed by atoms with van der Waals surface area (Å²) >= 11 is 0. The average molecular weight is 1410 g/mol. The maximum atomic E-state index is 13.1. The molecule has 570 valence electrons. The van der Waals surface area contributed by atoms with Gasteiger partial charge in [-0.05, 0) is 31.6 Å². The van der Waals surface area contributed by atoms with E-state index in [1.165, 1.54) is 231 Å². The number of rotatable bonds is 77. The molecule has 0 aromatic rings. The summed E-state index contributed by atoms with van der Waals surface area (Å²) < 4.78 is 68.6. The maximum Gasteiger partial charge on any atom is 0.472 e. The van der Waals surface area contributed by atoms with Gasteiger partial charge >= 0.3 is 39.5 Å². The molecule has 0 aliphatic heterocycles. The highest BCUT2D eigenvalue weighted by molar-refractivity contribution is 7.47. The van der Waals surface area contributed by atoms with E-state index in [2.05, 4.69) is 34.6 Å². The molecule has 0 saturated carbocycles. The lowest BCUT2D eigenvalue weighted by atomic mass is 9.99. The summed E-state index contributed by atoms with van der Waals surface area (Å²) in [5.74, 6) is -1.34. The molecule has 0 bridgehead atoms. The molecule has 0 saturated heterocycles.